The van der Waals surface area contributed by atoms with Gasteiger partial charge in [-0.2, -0.15) is 0 Å². The van der Waals surface area contributed by atoms with Gasteiger partial charge in [-0.05, 0) is 12.5 Å². The number of imidazole rings is 1. The van der Waals surface area contributed by atoms with Crippen LogP contribution in [0.15, 0.2) is 60.8 Å². The smallest absolute Gasteiger partial charge is 0.127 e. The molecule has 0 spiro atoms. The fourth-order valence-corrected chi connectivity index (χ4v) is 3.26. The number of nitrogens with zero attached hydrogens (tertiary/aromatic N) is 1. The minimum Gasteiger partial charge on any atom is -0.347 e. The number of rotatable bonds is 10. The largest absolute Gasteiger partial charge is 0.347 e. The zero-order valence-corrected chi connectivity index (χ0v) is 15.9. The lowest BCUT2D eigenvalue weighted by molar-refractivity contribution is 0.447. The maximum Gasteiger partial charge on any atom is 0.127 e. The molecular formula is C23H28FN3. The number of hydrogen-bond donors (Lipinski definition) is 2. The van der Waals surface area contributed by atoms with E-state index in [2.05, 4.69) is 29.4 Å². The third-order valence-electron chi connectivity index (χ3n) is 4.84. The molecule has 1 heterocycles. The van der Waals surface area contributed by atoms with Gasteiger partial charge >= 0.3 is 0 Å². The molecule has 1 aromatic heterocycles. The van der Waals surface area contributed by atoms with Crippen LogP contribution in [0.5, 0.6) is 0 Å². The standard InChI is InChI=1S/C23H28FN3/c1-2-3-4-8-15-21(25-16-19-13-9-10-14-20(19)24)23-26-17-22(27-23)18-11-6-5-7-12-18/h5-7,9-14,17,21,25H,2-4,8,15-16H2,1H3,(H,26,27)/t21-/m1/s1. The molecule has 2 N–H and O–H groups in total. The summed E-state index contributed by atoms with van der Waals surface area (Å²) in [5, 5.41) is 3.50. The highest BCUT2D eigenvalue weighted by Gasteiger charge is 2.16. The Labute approximate surface area is 161 Å². The molecule has 142 valence electrons. The molecule has 0 saturated heterocycles. The van der Waals surface area contributed by atoms with Gasteiger partial charge in [-0.25, -0.2) is 9.37 Å². The molecular weight excluding hydrogens is 337 g/mol. The number of H-pyrrole nitrogens is 1. The Hall–Kier alpha value is -2.46. The number of unbranched alkanes of at least 4 members (excludes halogenated alkanes) is 3. The van der Waals surface area contributed by atoms with Crippen molar-refractivity contribution in [2.75, 3.05) is 0 Å². The lowest BCUT2D eigenvalue weighted by Crippen LogP contribution is -2.22. The number of benzene rings is 2. The summed E-state index contributed by atoms with van der Waals surface area (Å²) in [6.45, 7) is 2.71. The summed E-state index contributed by atoms with van der Waals surface area (Å²) < 4.78 is 14.0. The van der Waals surface area contributed by atoms with E-state index >= 15 is 0 Å². The molecule has 0 bridgehead atoms. The molecule has 3 nitrogen and oxygen atoms in total. The first-order chi connectivity index (χ1) is 13.3. The van der Waals surface area contributed by atoms with Crippen LogP contribution in [-0.2, 0) is 6.54 Å². The lowest BCUT2D eigenvalue weighted by atomic mass is 10.1. The highest BCUT2D eigenvalue weighted by atomic mass is 19.1. The minimum absolute atomic E-state index is 0.0823. The molecule has 0 saturated carbocycles. The first kappa shape index (κ1) is 19.3. The van der Waals surface area contributed by atoms with E-state index in [1.54, 1.807) is 6.07 Å². The molecule has 0 aliphatic carbocycles. The van der Waals surface area contributed by atoms with Gasteiger partial charge in [0.2, 0.25) is 0 Å². The second kappa shape index (κ2) is 10.0. The molecule has 3 aromatic rings. The molecule has 0 amide bonds. The highest BCUT2D eigenvalue weighted by molar-refractivity contribution is 5.58. The average molecular weight is 365 g/mol. The van der Waals surface area contributed by atoms with E-state index in [4.69, 9.17) is 4.98 Å². The van der Waals surface area contributed by atoms with Crippen molar-refractivity contribution in [2.24, 2.45) is 0 Å². The molecule has 1 atom stereocenters. The summed E-state index contributed by atoms with van der Waals surface area (Å²) in [5.74, 6) is 0.751. The Morgan fingerprint density at radius 2 is 1.78 bits per heavy atom. The van der Waals surface area contributed by atoms with Crippen molar-refractivity contribution >= 4 is 0 Å². The summed E-state index contributed by atoms with van der Waals surface area (Å²) >= 11 is 0. The first-order valence-electron chi connectivity index (χ1n) is 9.85. The Kier molecular flexibility index (Phi) is 7.17. The van der Waals surface area contributed by atoms with Gasteiger partial charge in [-0.15, -0.1) is 0 Å². The quantitative estimate of drug-likeness (QED) is 0.432. The molecule has 3 rings (SSSR count). The Balaban J connectivity index is 1.71. The van der Waals surface area contributed by atoms with E-state index in [9.17, 15) is 4.39 Å². The summed E-state index contributed by atoms with van der Waals surface area (Å²) in [6.07, 6.45) is 7.73. The van der Waals surface area contributed by atoms with Gasteiger partial charge in [0.15, 0.2) is 0 Å². The monoisotopic (exact) mass is 365 g/mol. The van der Waals surface area contributed by atoms with Crippen LogP contribution >= 0.6 is 0 Å². The number of halogens is 1. The zero-order valence-electron chi connectivity index (χ0n) is 15.9. The van der Waals surface area contributed by atoms with E-state index in [1.807, 2.05) is 36.5 Å². The molecule has 4 heteroatoms. The zero-order chi connectivity index (χ0) is 18.9. The number of aromatic amines is 1. The van der Waals surface area contributed by atoms with Crippen LogP contribution in [0.2, 0.25) is 0 Å². The summed E-state index contributed by atoms with van der Waals surface area (Å²) in [6, 6.07) is 17.2. The summed E-state index contributed by atoms with van der Waals surface area (Å²) in [5.41, 5.74) is 2.72. The number of hydrogen-bond acceptors (Lipinski definition) is 2. The van der Waals surface area contributed by atoms with Crippen molar-refractivity contribution in [3.8, 4) is 11.3 Å². The second-order valence-electron chi connectivity index (χ2n) is 6.91. The fraction of sp³-hybridized carbons (Fsp3) is 0.348. The van der Waals surface area contributed by atoms with E-state index < -0.39 is 0 Å². The van der Waals surface area contributed by atoms with Gasteiger partial charge < -0.3 is 10.3 Å². The Morgan fingerprint density at radius 3 is 2.56 bits per heavy atom. The third-order valence-corrected chi connectivity index (χ3v) is 4.84. The summed E-state index contributed by atoms with van der Waals surface area (Å²) in [7, 11) is 0. The molecule has 0 fully saturated rings. The Morgan fingerprint density at radius 1 is 1.00 bits per heavy atom. The van der Waals surface area contributed by atoms with Gasteiger partial charge in [0.1, 0.15) is 11.6 Å². The lowest BCUT2D eigenvalue weighted by Gasteiger charge is -2.17. The number of aromatic nitrogens is 2. The SMILES string of the molecule is CCCCCC[C@@H](NCc1ccccc1F)c1nc(-c2ccccc2)c[nH]1. The van der Waals surface area contributed by atoms with E-state index in [-0.39, 0.29) is 11.9 Å². The molecule has 2 aromatic carbocycles. The van der Waals surface area contributed by atoms with Crippen LogP contribution in [-0.4, -0.2) is 9.97 Å². The van der Waals surface area contributed by atoms with Gasteiger partial charge in [-0.1, -0.05) is 81.1 Å². The van der Waals surface area contributed by atoms with Crippen molar-refractivity contribution in [1.29, 1.82) is 0 Å². The van der Waals surface area contributed by atoms with Crippen molar-refractivity contribution in [3.05, 3.63) is 78.0 Å². The van der Waals surface area contributed by atoms with Gasteiger partial charge in [-0.3, -0.25) is 0 Å². The second-order valence-corrected chi connectivity index (χ2v) is 6.91. The van der Waals surface area contributed by atoms with E-state index in [0.29, 0.717) is 12.1 Å². The molecule has 0 unspecified atom stereocenters. The topological polar surface area (TPSA) is 40.7 Å². The van der Waals surface area contributed by atoms with Gasteiger partial charge in [0.25, 0.3) is 0 Å². The van der Waals surface area contributed by atoms with Gasteiger partial charge in [0, 0.05) is 23.9 Å². The fourth-order valence-electron chi connectivity index (χ4n) is 3.26. The maximum atomic E-state index is 14.0. The van der Waals surface area contributed by atoms with Crippen molar-refractivity contribution in [3.63, 3.8) is 0 Å². The van der Waals surface area contributed by atoms with Crippen LogP contribution in [0.25, 0.3) is 11.3 Å². The van der Waals surface area contributed by atoms with E-state index in [1.165, 1.54) is 25.3 Å². The maximum absolute atomic E-state index is 14.0. The van der Waals surface area contributed by atoms with Gasteiger partial charge in [0.05, 0.1) is 11.7 Å². The molecule has 0 aliphatic heterocycles. The van der Waals surface area contributed by atoms with Crippen LogP contribution in [0.4, 0.5) is 4.39 Å². The highest BCUT2D eigenvalue weighted by Crippen LogP contribution is 2.23. The molecule has 0 aliphatic rings. The van der Waals surface area contributed by atoms with Crippen molar-refractivity contribution < 1.29 is 4.39 Å². The third kappa shape index (κ3) is 5.51. The minimum atomic E-state index is -0.167. The predicted molar refractivity (Wildman–Crippen MR) is 109 cm³/mol. The van der Waals surface area contributed by atoms with Crippen molar-refractivity contribution in [1.82, 2.24) is 15.3 Å². The average Bonchev–Trinajstić information content (AvgIpc) is 3.19. The number of nitrogens with one attached hydrogen (secondary N) is 2. The van der Waals surface area contributed by atoms with Crippen LogP contribution in [0.3, 0.4) is 0 Å². The normalized spacial score (nSPS) is 12.2. The van der Waals surface area contributed by atoms with Crippen LogP contribution in [0.1, 0.15) is 56.5 Å². The predicted octanol–water partition coefficient (Wildman–Crippen LogP) is 6.02. The Bertz CT molecular complexity index is 813. The van der Waals surface area contributed by atoms with Crippen molar-refractivity contribution in [2.45, 2.75) is 51.6 Å². The molecule has 0 radical (unpaired) electrons. The summed E-state index contributed by atoms with van der Waals surface area (Å²) in [4.78, 5) is 8.13. The van der Waals surface area contributed by atoms with Crippen LogP contribution in [0, 0.1) is 5.82 Å². The van der Waals surface area contributed by atoms with Crippen LogP contribution < -0.4 is 5.32 Å². The van der Waals surface area contributed by atoms with E-state index in [0.717, 1.165) is 29.9 Å². The first-order valence-corrected chi connectivity index (χ1v) is 9.85. The molecule has 27 heavy (non-hydrogen) atoms.